The van der Waals surface area contributed by atoms with E-state index in [2.05, 4.69) is 28.6 Å². The van der Waals surface area contributed by atoms with E-state index < -0.39 is 28.9 Å². The first-order valence-corrected chi connectivity index (χ1v) is 15.7. The molecule has 232 valence electrons. The number of amides is 4. The Hall–Kier alpha value is -4.53. The number of hydrogen-bond acceptors (Lipinski definition) is 6. The van der Waals surface area contributed by atoms with Crippen LogP contribution in [0.1, 0.15) is 67.2 Å². The van der Waals surface area contributed by atoms with Gasteiger partial charge in [-0.15, -0.1) is 0 Å². The Morgan fingerprint density at radius 1 is 1.20 bits per heavy atom. The van der Waals surface area contributed by atoms with Crippen LogP contribution in [-0.4, -0.2) is 52.4 Å². The van der Waals surface area contributed by atoms with Gasteiger partial charge in [-0.25, -0.2) is 9.59 Å². The number of allylic oxidation sites excluding steroid dienone is 4. The van der Waals surface area contributed by atoms with Crippen LogP contribution in [0.15, 0.2) is 77.9 Å². The molecular weight excluding hydrogens is 578 g/mol. The molecule has 4 amide bonds. The van der Waals surface area contributed by atoms with Gasteiger partial charge in [0.25, 0.3) is 5.91 Å². The molecule has 2 aromatic rings. The smallest absolute Gasteiger partial charge is 0.407 e. The van der Waals surface area contributed by atoms with E-state index in [4.69, 9.17) is 4.74 Å². The van der Waals surface area contributed by atoms with Crippen LogP contribution in [0.3, 0.4) is 0 Å². The zero-order chi connectivity index (χ0) is 32.4. The average molecular weight is 618 g/mol. The molecule has 11 heteroatoms. The molecule has 2 aromatic carbocycles. The number of hydrogen-bond donors (Lipinski definition) is 3. The first kappa shape index (κ1) is 34.0. The molecule has 0 saturated heterocycles. The van der Waals surface area contributed by atoms with Gasteiger partial charge in [-0.2, -0.15) is 5.26 Å². The molecule has 2 atom stereocenters. The van der Waals surface area contributed by atoms with Crippen LogP contribution in [0.5, 0.6) is 0 Å². The van der Waals surface area contributed by atoms with E-state index in [-0.39, 0.29) is 11.9 Å². The zero-order valence-corrected chi connectivity index (χ0v) is 26.5. The number of carbonyl (C=O) groups is 3. The summed E-state index contributed by atoms with van der Waals surface area (Å²) in [6, 6.07) is 13.8. The number of alkyl carbamates (subject to hydrolysis) is 1. The molecule has 44 heavy (non-hydrogen) atoms. The number of urea groups is 1. The van der Waals surface area contributed by atoms with Crippen LogP contribution in [0.4, 0.5) is 15.3 Å². The number of ether oxygens (including phenoxy) is 1. The van der Waals surface area contributed by atoms with Gasteiger partial charge in [0.1, 0.15) is 11.9 Å². The number of fused-ring (bicyclic) bond motifs is 1. The maximum Gasteiger partial charge on any atom is 0.407 e. The van der Waals surface area contributed by atoms with Crippen LogP contribution in [-0.2, 0) is 22.3 Å². The van der Waals surface area contributed by atoms with Crippen LogP contribution in [0.25, 0.3) is 0 Å². The minimum Gasteiger partial charge on any atom is -0.612 e. The minimum atomic E-state index is -1.20. The maximum atomic E-state index is 13.9. The summed E-state index contributed by atoms with van der Waals surface area (Å²) in [6.45, 7) is 11.4. The van der Waals surface area contributed by atoms with Crippen molar-refractivity contribution in [2.75, 3.05) is 24.7 Å². The molecule has 0 saturated carbocycles. The van der Waals surface area contributed by atoms with E-state index in [0.717, 1.165) is 11.1 Å². The Morgan fingerprint density at radius 2 is 1.91 bits per heavy atom. The van der Waals surface area contributed by atoms with Crippen molar-refractivity contribution >= 4 is 34.9 Å². The van der Waals surface area contributed by atoms with Gasteiger partial charge in [0.15, 0.2) is 4.91 Å². The number of rotatable bonds is 10. The third kappa shape index (κ3) is 9.76. The van der Waals surface area contributed by atoms with Gasteiger partial charge < -0.3 is 30.1 Å². The number of benzene rings is 2. The third-order valence-electron chi connectivity index (χ3n) is 6.66. The molecule has 0 spiro atoms. The Balaban J connectivity index is 1.77. The molecule has 0 aliphatic carbocycles. The molecule has 10 nitrogen and oxygen atoms in total. The van der Waals surface area contributed by atoms with Crippen molar-refractivity contribution in [2.45, 2.75) is 52.2 Å². The van der Waals surface area contributed by atoms with E-state index in [1.807, 2.05) is 18.2 Å². The predicted octanol–water partition coefficient (Wildman–Crippen LogP) is 5.69. The molecule has 2 unspecified atom stereocenters. The van der Waals surface area contributed by atoms with E-state index in [1.165, 1.54) is 6.08 Å². The second-order valence-corrected chi connectivity index (χ2v) is 12.6. The molecular formula is C33H39N5O5S. The SMILES string of the molecule is C=C/C(=C\C=C(/C)NC(=O)Nc1ccc2c(c1)C(=O)N(CCCNC(=O)OC(C)(C)C)C(c1ccc(C#N)cc1)C2)[S+](C)[O-]. The molecule has 0 aromatic heterocycles. The molecule has 1 heterocycles. The lowest BCUT2D eigenvalue weighted by molar-refractivity contribution is 0.0523. The Bertz CT molecular complexity index is 1490. The van der Waals surface area contributed by atoms with E-state index in [1.54, 1.807) is 75.3 Å². The Kier molecular flexibility index (Phi) is 11.8. The van der Waals surface area contributed by atoms with Gasteiger partial charge in [0.05, 0.1) is 17.7 Å². The quantitative estimate of drug-likeness (QED) is 0.177. The van der Waals surface area contributed by atoms with Gasteiger partial charge in [-0.3, -0.25) is 4.79 Å². The molecule has 3 N–H and O–H groups in total. The fourth-order valence-corrected chi connectivity index (χ4v) is 5.10. The minimum absolute atomic E-state index is 0.201. The Labute approximate surface area is 262 Å². The predicted molar refractivity (Wildman–Crippen MR) is 172 cm³/mol. The second kappa shape index (κ2) is 15.3. The third-order valence-corrected chi connectivity index (χ3v) is 7.63. The number of nitrogens with zero attached hydrogens (tertiary/aromatic N) is 2. The van der Waals surface area contributed by atoms with Crippen LogP contribution in [0, 0.1) is 11.3 Å². The van der Waals surface area contributed by atoms with Gasteiger partial charge in [-0.1, -0.05) is 24.8 Å². The molecule has 1 aliphatic rings. The monoisotopic (exact) mass is 617 g/mol. The lowest BCUT2D eigenvalue weighted by Crippen LogP contribution is -2.42. The molecule has 0 fully saturated rings. The topological polar surface area (TPSA) is 147 Å². The van der Waals surface area contributed by atoms with E-state index in [9.17, 15) is 24.2 Å². The average Bonchev–Trinajstić information content (AvgIpc) is 2.95. The highest BCUT2D eigenvalue weighted by molar-refractivity contribution is 7.94. The van der Waals surface area contributed by atoms with Crippen molar-refractivity contribution in [1.29, 1.82) is 5.26 Å². The lowest BCUT2D eigenvalue weighted by Gasteiger charge is -2.37. The summed E-state index contributed by atoms with van der Waals surface area (Å²) in [4.78, 5) is 40.9. The normalized spacial score (nSPS) is 15.9. The number of nitrogens with one attached hydrogen (secondary N) is 3. The summed E-state index contributed by atoms with van der Waals surface area (Å²) in [7, 11) is 0. The van der Waals surface area contributed by atoms with Gasteiger partial charge >= 0.3 is 12.1 Å². The van der Waals surface area contributed by atoms with E-state index in [0.29, 0.717) is 53.3 Å². The number of carbonyl (C=O) groups excluding carboxylic acids is 3. The van der Waals surface area contributed by atoms with Crippen LogP contribution >= 0.6 is 0 Å². The van der Waals surface area contributed by atoms with Crippen molar-refractivity contribution in [3.05, 3.63) is 100 Å². The fraction of sp³-hybridized carbons (Fsp3) is 0.333. The molecule has 0 radical (unpaired) electrons. The summed E-state index contributed by atoms with van der Waals surface area (Å²) in [5.74, 6) is -0.201. The summed E-state index contributed by atoms with van der Waals surface area (Å²) < 4.78 is 17.0. The molecule has 3 rings (SSSR count). The maximum absolute atomic E-state index is 13.9. The largest absolute Gasteiger partial charge is 0.612 e. The lowest BCUT2D eigenvalue weighted by atomic mass is 9.88. The molecule has 1 aliphatic heterocycles. The van der Waals surface area contributed by atoms with Gasteiger partial charge in [0, 0.05) is 30.0 Å². The summed E-state index contributed by atoms with van der Waals surface area (Å²) in [5.41, 5.74) is 3.10. The zero-order valence-electron chi connectivity index (χ0n) is 25.7. The highest BCUT2D eigenvalue weighted by Gasteiger charge is 2.33. The molecule has 0 bridgehead atoms. The van der Waals surface area contributed by atoms with Crippen molar-refractivity contribution in [2.24, 2.45) is 0 Å². The standard InChI is InChI=1S/C33H39N5O5S/c1-7-27(44(6)42)16-9-22(2)36-31(40)37-26-15-14-25-19-29(24-12-10-23(21-34)11-13-24)38(30(39)28(25)20-26)18-8-17-35-32(41)43-33(3,4)5/h7,9-16,20,29H,1,8,17-19H2,2-6H3,(H,35,41)(H2,36,37,40)/b22-9+,27-16+. The van der Waals surface area contributed by atoms with Gasteiger partial charge in [-0.05, 0) is 105 Å². The summed E-state index contributed by atoms with van der Waals surface area (Å²) in [6.07, 6.45) is 6.81. The fourth-order valence-electron chi connectivity index (χ4n) is 4.61. The number of nitriles is 1. The highest BCUT2D eigenvalue weighted by Crippen LogP contribution is 2.34. The van der Waals surface area contributed by atoms with Gasteiger partial charge in [0.2, 0.25) is 0 Å². The van der Waals surface area contributed by atoms with Crippen molar-refractivity contribution in [1.82, 2.24) is 15.5 Å². The van der Waals surface area contributed by atoms with Crippen LogP contribution < -0.4 is 16.0 Å². The summed E-state index contributed by atoms with van der Waals surface area (Å²) in [5, 5.41) is 17.4. The Morgan fingerprint density at radius 3 is 2.52 bits per heavy atom. The number of anilines is 1. The summed E-state index contributed by atoms with van der Waals surface area (Å²) >= 11 is -1.20. The van der Waals surface area contributed by atoms with E-state index >= 15 is 0 Å². The van der Waals surface area contributed by atoms with Crippen molar-refractivity contribution < 1.29 is 23.7 Å². The highest BCUT2D eigenvalue weighted by atomic mass is 32.2. The van der Waals surface area contributed by atoms with Crippen molar-refractivity contribution in [3.8, 4) is 6.07 Å². The van der Waals surface area contributed by atoms with Crippen LogP contribution in [0.2, 0.25) is 0 Å². The van der Waals surface area contributed by atoms with Crippen molar-refractivity contribution in [3.63, 3.8) is 0 Å². The first-order valence-electron chi connectivity index (χ1n) is 14.1. The second-order valence-electron chi connectivity index (χ2n) is 11.3. The first-order chi connectivity index (χ1) is 20.8.